The number of aryl methyl sites for hydroxylation is 1. The van der Waals surface area contributed by atoms with Crippen LogP contribution < -0.4 is 5.32 Å². The topological polar surface area (TPSA) is 66.5 Å². The first-order chi connectivity index (χ1) is 13.4. The van der Waals surface area contributed by atoms with Crippen molar-refractivity contribution in [3.8, 4) is 0 Å². The molecule has 3 unspecified atom stereocenters. The van der Waals surface area contributed by atoms with E-state index in [0.717, 1.165) is 11.1 Å². The van der Waals surface area contributed by atoms with E-state index in [1.54, 1.807) is 37.3 Å². The maximum Gasteiger partial charge on any atom is 0.244 e. The Morgan fingerprint density at radius 2 is 1.93 bits per heavy atom. The average Bonchev–Trinajstić information content (AvgIpc) is 3.19. The molecule has 5 nitrogen and oxygen atoms in total. The lowest BCUT2D eigenvalue weighted by atomic mass is 10.0. The van der Waals surface area contributed by atoms with Crippen LogP contribution in [-0.4, -0.2) is 34.3 Å². The molecule has 0 aromatic heterocycles. The molecule has 2 heterocycles. The molecule has 2 amide bonds. The van der Waals surface area contributed by atoms with Crippen LogP contribution in [0.3, 0.4) is 0 Å². The summed E-state index contributed by atoms with van der Waals surface area (Å²) in [6.07, 6.45) is 0. The van der Waals surface area contributed by atoms with Crippen molar-refractivity contribution < 1.29 is 18.8 Å². The summed E-state index contributed by atoms with van der Waals surface area (Å²) < 4.78 is 13.2. The van der Waals surface area contributed by atoms with Crippen molar-refractivity contribution in [3.63, 3.8) is 0 Å². The summed E-state index contributed by atoms with van der Waals surface area (Å²) >= 11 is 7.36. The van der Waals surface area contributed by atoms with Gasteiger partial charge in [0.05, 0.1) is 0 Å². The highest BCUT2D eigenvalue weighted by Gasteiger charge is 2.56. The van der Waals surface area contributed by atoms with Crippen LogP contribution in [0.1, 0.15) is 16.5 Å². The van der Waals surface area contributed by atoms with Crippen molar-refractivity contribution in [2.45, 2.75) is 18.3 Å². The lowest BCUT2D eigenvalue weighted by Gasteiger charge is -2.23. The fraction of sp³-hybridized carbons (Fsp3) is 0.250. The van der Waals surface area contributed by atoms with Crippen LogP contribution in [0.2, 0.25) is 5.02 Å². The molecule has 0 aliphatic carbocycles. The van der Waals surface area contributed by atoms with Gasteiger partial charge in [-0.1, -0.05) is 23.7 Å². The lowest BCUT2D eigenvalue weighted by molar-refractivity contribution is -0.138. The Bertz CT molecular complexity index is 982. The van der Waals surface area contributed by atoms with Gasteiger partial charge in [-0.25, -0.2) is 4.39 Å². The Labute approximate surface area is 170 Å². The van der Waals surface area contributed by atoms with Gasteiger partial charge >= 0.3 is 0 Å². The Balaban J connectivity index is 1.57. The molecule has 2 aromatic rings. The number of nitrogens with zero attached hydrogens (tertiary/aromatic N) is 1. The van der Waals surface area contributed by atoms with E-state index < -0.39 is 34.9 Å². The monoisotopic (exact) mass is 418 g/mol. The number of halogens is 2. The number of fused-ring (bicyclic) bond motifs is 1. The fourth-order valence-corrected chi connectivity index (χ4v) is 5.23. The SMILES string of the molecule is Cc1cc(Cl)ccc1NC(=O)C1C(=O)C2CSC(c3ccc(F)cc3)N2C1=O. The smallest absolute Gasteiger partial charge is 0.244 e. The van der Waals surface area contributed by atoms with E-state index in [9.17, 15) is 18.8 Å². The molecule has 3 atom stereocenters. The summed E-state index contributed by atoms with van der Waals surface area (Å²) in [6.45, 7) is 1.78. The number of thioether (sulfide) groups is 1. The second-order valence-electron chi connectivity index (χ2n) is 6.78. The van der Waals surface area contributed by atoms with Crippen molar-refractivity contribution >= 4 is 46.6 Å². The van der Waals surface area contributed by atoms with Gasteiger partial charge in [0.1, 0.15) is 17.2 Å². The average molecular weight is 419 g/mol. The molecule has 2 fully saturated rings. The predicted octanol–water partition coefficient (Wildman–Crippen LogP) is 3.57. The maximum absolute atomic E-state index is 13.2. The molecule has 144 valence electrons. The highest BCUT2D eigenvalue weighted by atomic mass is 35.5. The van der Waals surface area contributed by atoms with Gasteiger partial charge < -0.3 is 10.2 Å². The number of rotatable bonds is 3. The van der Waals surface area contributed by atoms with Crippen molar-refractivity contribution in [1.29, 1.82) is 0 Å². The molecule has 2 aliphatic rings. The molecule has 2 saturated heterocycles. The molecular weight excluding hydrogens is 403 g/mol. The molecule has 0 bridgehead atoms. The van der Waals surface area contributed by atoms with Crippen molar-refractivity contribution in [1.82, 2.24) is 4.90 Å². The third-order valence-corrected chi connectivity index (χ3v) is 6.54. The van der Waals surface area contributed by atoms with Crippen LogP contribution in [0.15, 0.2) is 42.5 Å². The number of amides is 2. The number of Topliss-reactive ketones (excluding diaryl/α,β-unsaturated/α-hetero) is 1. The Morgan fingerprint density at radius 3 is 2.61 bits per heavy atom. The Kier molecular flexibility index (Phi) is 4.89. The summed E-state index contributed by atoms with van der Waals surface area (Å²) in [5, 5.41) is 2.79. The Hall–Kier alpha value is -2.38. The standard InChI is InChI=1S/C20H16ClFN2O3S/c1-10-8-12(21)4-7-14(10)23-18(26)16-17(25)15-9-28-20(24(15)19(16)27)11-2-5-13(22)6-3-11/h2-8,15-16,20H,9H2,1H3,(H,23,26). The number of carbonyl (C=O) groups is 3. The van der Waals surface area contributed by atoms with Crippen LogP contribution in [0.25, 0.3) is 0 Å². The van der Waals surface area contributed by atoms with E-state index in [1.807, 2.05) is 0 Å². The predicted molar refractivity (Wildman–Crippen MR) is 106 cm³/mol. The summed E-state index contributed by atoms with van der Waals surface area (Å²) in [6, 6.07) is 10.1. The quantitative estimate of drug-likeness (QED) is 0.774. The Morgan fingerprint density at radius 1 is 1.21 bits per heavy atom. The fourth-order valence-electron chi connectivity index (χ4n) is 3.56. The highest BCUT2D eigenvalue weighted by molar-refractivity contribution is 7.99. The minimum atomic E-state index is -1.37. The van der Waals surface area contributed by atoms with Gasteiger partial charge in [0.2, 0.25) is 11.8 Å². The summed E-state index contributed by atoms with van der Waals surface area (Å²) in [4.78, 5) is 39.9. The van der Waals surface area contributed by atoms with E-state index in [2.05, 4.69) is 5.32 Å². The van der Waals surface area contributed by atoms with Crippen LogP contribution in [0, 0.1) is 18.7 Å². The van der Waals surface area contributed by atoms with E-state index in [4.69, 9.17) is 11.6 Å². The number of hydrogen-bond acceptors (Lipinski definition) is 4. The molecule has 1 N–H and O–H groups in total. The van der Waals surface area contributed by atoms with E-state index in [1.165, 1.54) is 28.8 Å². The highest BCUT2D eigenvalue weighted by Crippen LogP contribution is 2.46. The minimum absolute atomic E-state index is 0.372. The van der Waals surface area contributed by atoms with Crippen LogP contribution >= 0.6 is 23.4 Å². The van der Waals surface area contributed by atoms with Crippen LogP contribution in [-0.2, 0) is 14.4 Å². The zero-order chi connectivity index (χ0) is 20.0. The summed E-state index contributed by atoms with van der Waals surface area (Å²) in [7, 11) is 0. The van der Waals surface area contributed by atoms with Gasteiger partial charge in [0.25, 0.3) is 0 Å². The zero-order valence-corrected chi connectivity index (χ0v) is 16.4. The first kappa shape index (κ1) is 19.0. The normalized spacial score (nSPS) is 23.8. The first-order valence-corrected chi connectivity index (χ1v) is 10.1. The molecule has 28 heavy (non-hydrogen) atoms. The number of carbonyl (C=O) groups excluding carboxylic acids is 3. The zero-order valence-electron chi connectivity index (χ0n) is 14.8. The van der Waals surface area contributed by atoms with Gasteiger partial charge in [-0.3, -0.25) is 14.4 Å². The van der Waals surface area contributed by atoms with Crippen molar-refractivity contribution in [2.75, 3.05) is 11.1 Å². The van der Waals surface area contributed by atoms with Crippen LogP contribution in [0.5, 0.6) is 0 Å². The van der Waals surface area contributed by atoms with Crippen molar-refractivity contribution in [2.24, 2.45) is 5.92 Å². The molecule has 4 rings (SSSR count). The molecule has 2 aromatic carbocycles. The van der Waals surface area contributed by atoms with E-state index in [-0.39, 0.29) is 5.82 Å². The molecule has 0 spiro atoms. The second kappa shape index (κ2) is 7.22. The van der Waals surface area contributed by atoms with E-state index >= 15 is 0 Å². The van der Waals surface area contributed by atoms with E-state index in [0.29, 0.717) is 16.5 Å². The summed E-state index contributed by atoms with van der Waals surface area (Å²) in [5.74, 6) is -2.88. The third-order valence-electron chi connectivity index (χ3n) is 4.98. The lowest BCUT2D eigenvalue weighted by Crippen LogP contribution is -2.35. The number of ketones is 1. The van der Waals surface area contributed by atoms with Gasteiger partial charge in [0, 0.05) is 16.5 Å². The van der Waals surface area contributed by atoms with Gasteiger partial charge in [0.15, 0.2) is 11.7 Å². The second-order valence-corrected chi connectivity index (χ2v) is 8.33. The number of anilines is 1. The molecule has 0 saturated carbocycles. The molecule has 0 radical (unpaired) electrons. The third kappa shape index (κ3) is 3.18. The minimum Gasteiger partial charge on any atom is -0.325 e. The molecule has 2 aliphatic heterocycles. The first-order valence-electron chi connectivity index (χ1n) is 8.67. The maximum atomic E-state index is 13.2. The van der Waals surface area contributed by atoms with Gasteiger partial charge in [-0.2, -0.15) is 0 Å². The van der Waals surface area contributed by atoms with Crippen LogP contribution in [0.4, 0.5) is 10.1 Å². The number of nitrogens with one attached hydrogen (secondary N) is 1. The molecular formula is C20H16ClFN2O3S. The van der Waals surface area contributed by atoms with Gasteiger partial charge in [-0.05, 0) is 48.4 Å². The molecule has 8 heteroatoms. The summed E-state index contributed by atoms with van der Waals surface area (Å²) in [5.41, 5.74) is 1.97. The van der Waals surface area contributed by atoms with Gasteiger partial charge in [-0.15, -0.1) is 11.8 Å². The number of hydrogen-bond donors (Lipinski definition) is 1. The number of benzene rings is 2. The van der Waals surface area contributed by atoms with Crippen molar-refractivity contribution in [3.05, 3.63) is 64.4 Å². The largest absolute Gasteiger partial charge is 0.325 e.